The lowest BCUT2D eigenvalue weighted by atomic mass is 10.1. The van der Waals surface area contributed by atoms with Crippen LogP contribution in [0.25, 0.3) is 0 Å². The van der Waals surface area contributed by atoms with Crippen LogP contribution >= 0.6 is 0 Å². The lowest BCUT2D eigenvalue weighted by molar-refractivity contribution is 0.102. The topological polar surface area (TPSA) is 84.9 Å². The van der Waals surface area contributed by atoms with Crippen molar-refractivity contribution in [1.82, 2.24) is 0 Å². The summed E-state index contributed by atoms with van der Waals surface area (Å²) in [5.74, 6) is 0.722. The molecule has 1 N–H and O–H groups in total. The summed E-state index contributed by atoms with van der Waals surface area (Å²) in [7, 11) is -0.463. The molecule has 7 nitrogen and oxygen atoms in total. The van der Waals surface area contributed by atoms with Crippen LogP contribution in [0.15, 0.2) is 72.8 Å². The van der Waals surface area contributed by atoms with Gasteiger partial charge in [0.1, 0.15) is 11.5 Å². The molecule has 0 saturated carbocycles. The van der Waals surface area contributed by atoms with Crippen LogP contribution in [-0.4, -0.2) is 34.8 Å². The highest BCUT2D eigenvalue weighted by Crippen LogP contribution is 2.29. The highest BCUT2D eigenvalue weighted by molar-refractivity contribution is 7.92. The summed E-state index contributed by atoms with van der Waals surface area (Å²) in [6.07, 6.45) is 1.16. The van der Waals surface area contributed by atoms with Gasteiger partial charge in [-0.2, -0.15) is 0 Å². The number of anilines is 2. The zero-order chi connectivity index (χ0) is 22.4. The maximum atomic E-state index is 12.7. The molecular weight excluding hydrogens is 416 g/mol. The third kappa shape index (κ3) is 5.55. The summed E-state index contributed by atoms with van der Waals surface area (Å²) in [5.41, 5.74) is 2.18. The molecule has 0 saturated heterocycles. The van der Waals surface area contributed by atoms with Gasteiger partial charge in [-0.15, -0.1) is 0 Å². The van der Waals surface area contributed by atoms with Gasteiger partial charge in [0, 0.05) is 11.6 Å². The molecule has 0 aliphatic rings. The lowest BCUT2D eigenvalue weighted by Crippen LogP contribution is -2.29. The predicted octanol–water partition coefficient (Wildman–Crippen LogP) is 3.92. The van der Waals surface area contributed by atoms with Crippen molar-refractivity contribution >= 4 is 27.3 Å². The van der Waals surface area contributed by atoms with E-state index >= 15 is 0 Å². The Morgan fingerprint density at radius 2 is 1.61 bits per heavy atom. The summed E-state index contributed by atoms with van der Waals surface area (Å²) >= 11 is 0. The number of hydrogen-bond donors (Lipinski definition) is 1. The Bertz CT molecular complexity index is 1150. The van der Waals surface area contributed by atoms with Gasteiger partial charge in [-0.1, -0.05) is 30.3 Å². The second-order valence-electron chi connectivity index (χ2n) is 6.82. The van der Waals surface area contributed by atoms with Crippen LogP contribution in [-0.2, 0) is 16.6 Å². The molecular formula is C23H24N2O5S. The molecule has 0 aromatic heterocycles. The number of sulfonamides is 1. The van der Waals surface area contributed by atoms with Gasteiger partial charge >= 0.3 is 0 Å². The number of hydrogen-bond acceptors (Lipinski definition) is 5. The van der Waals surface area contributed by atoms with Crippen LogP contribution < -0.4 is 19.1 Å². The fraction of sp³-hybridized carbons (Fsp3) is 0.174. The maximum absolute atomic E-state index is 12.7. The SMILES string of the molecule is COc1ccc(OC)c(NC(=O)c2ccc(N(Cc3ccccc3)S(C)(=O)=O)cc2)c1. The second kappa shape index (κ2) is 9.53. The first kappa shape index (κ1) is 22.2. The van der Waals surface area contributed by atoms with E-state index in [2.05, 4.69) is 5.32 Å². The van der Waals surface area contributed by atoms with Crippen LogP contribution in [0.3, 0.4) is 0 Å². The van der Waals surface area contributed by atoms with Crippen LogP contribution in [0, 0.1) is 0 Å². The van der Waals surface area contributed by atoms with Crippen LogP contribution in [0.2, 0.25) is 0 Å². The predicted molar refractivity (Wildman–Crippen MR) is 121 cm³/mol. The van der Waals surface area contributed by atoms with Crippen LogP contribution in [0.1, 0.15) is 15.9 Å². The molecule has 3 rings (SSSR count). The van der Waals surface area contributed by atoms with Crippen molar-refractivity contribution < 1.29 is 22.7 Å². The smallest absolute Gasteiger partial charge is 0.255 e. The Labute approximate surface area is 182 Å². The molecule has 0 aliphatic heterocycles. The zero-order valence-corrected chi connectivity index (χ0v) is 18.3. The Balaban J connectivity index is 1.82. The van der Waals surface area contributed by atoms with Crippen molar-refractivity contribution in [1.29, 1.82) is 0 Å². The molecule has 3 aromatic rings. The maximum Gasteiger partial charge on any atom is 0.255 e. The summed E-state index contributed by atoms with van der Waals surface area (Å²) in [6, 6.07) is 20.8. The van der Waals surface area contributed by atoms with E-state index in [4.69, 9.17) is 9.47 Å². The van der Waals surface area contributed by atoms with Crippen molar-refractivity contribution in [2.75, 3.05) is 30.1 Å². The highest BCUT2D eigenvalue weighted by Gasteiger charge is 2.19. The lowest BCUT2D eigenvalue weighted by Gasteiger charge is -2.22. The molecule has 3 aromatic carbocycles. The average Bonchev–Trinajstić information content (AvgIpc) is 2.77. The van der Waals surface area contributed by atoms with Crippen LogP contribution in [0.4, 0.5) is 11.4 Å². The fourth-order valence-electron chi connectivity index (χ4n) is 3.03. The van der Waals surface area contributed by atoms with Gasteiger partial charge in [0.05, 0.1) is 38.4 Å². The van der Waals surface area contributed by atoms with E-state index in [0.29, 0.717) is 28.4 Å². The van der Waals surface area contributed by atoms with Crippen molar-refractivity contribution in [3.05, 3.63) is 83.9 Å². The monoisotopic (exact) mass is 440 g/mol. The minimum absolute atomic E-state index is 0.201. The standard InChI is InChI=1S/C23H24N2O5S/c1-29-20-13-14-22(30-2)21(15-20)24-23(26)18-9-11-19(12-10-18)25(31(3,27)28)16-17-7-5-4-6-8-17/h4-15H,16H2,1-3H3,(H,24,26). The molecule has 8 heteroatoms. The number of benzene rings is 3. The molecule has 0 aliphatic carbocycles. The van der Waals surface area contributed by atoms with E-state index in [1.165, 1.54) is 18.5 Å². The summed E-state index contributed by atoms with van der Waals surface area (Å²) in [5, 5.41) is 2.80. The largest absolute Gasteiger partial charge is 0.497 e. The molecule has 0 atom stereocenters. The van der Waals surface area contributed by atoms with Gasteiger partial charge in [0.25, 0.3) is 5.91 Å². The first-order valence-electron chi connectivity index (χ1n) is 9.47. The third-order valence-corrected chi connectivity index (χ3v) is 5.78. The summed E-state index contributed by atoms with van der Waals surface area (Å²) in [6.45, 7) is 0.201. The number of methoxy groups -OCH3 is 2. The number of ether oxygens (including phenoxy) is 2. The van der Waals surface area contributed by atoms with Crippen LogP contribution in [0.5, 0.6) is 11.5 Å². The minimum Gasteiger partial charge on any atom is -0.497 e. The molecule has 31 heavy (non-hydrogen) atoms. The molecule has 0 bridgehead atoms. The first-order valence-corrected chi connectivity index (χ1v) is 11.3. The fourth-order valence-corrected chi connectivity index (χ4v) is 3.92. The Morgan fingerprint density at radius 1 is 0.935 bits per heavy atom. The number of nitrogens with zero attached hydrogens (tertiary/aromatic N) is 1. The summed E-state index contributed by atoms with van der Waals surface area (Å²) in [4.78, 5) is 12.7. The first-order chi connectivity index (χ1) is 14.8. The number of carbonyl (C=O) groups excluding carboxylic acids is 1. The van der Waals surface area contributed by atoms with Gasteiger partial charge in [0.2, 0.25) is 10.0 Å². The highest BCUT2D eigenvalue weighted by atomic mass is 32.2. The molecule has 162 valence electrons. The van der Waals surface area contributed by atoms with E-state index in [0.717, 1.165) is 11.8 Å². The van der Waals surface area contributed by atoms with E-state index < -0.39 is 10.0 Å². The molecule has 0 heterocycles. The van der Waals surface area contributed by atoms with Crippen molar-refractivity contribution in [3.63, 3.8) is 0 Å². The molecule has 0 spiro atoms. The Kier molecular flexibility index (Phi) is 6.81. The number of amides is 1. The number of carbonyl (C=O) groups is 1. The van der Waals surface area contributed by atoms with Gasteiger partial charge in [-0.05, 0) is 42.0 Å². The molecule has 1 amide bonds. The quantitative estimate of drug-likeness (QED) is 0.574. The van der Waals surface area contributed by atoms with E-state index in [-0.39, 0.29) is 12.5 Å². The van der Waals surface area contributed by atoms with E-state index in [1.807, 2.05) is 30.3 Å². The summed E-state index contributed by atoms with van der Waals surface area (Å²) < 4.78 is 36.5. The molecule has 0 unspecified atom stereocenters. The second-order valence-corrected chi connectivity index (χ2v) is 8.73. The van der Waals surface area contributed by atoms with Crippen molar-refractivity contribution in [2.24, 2.45) is 0 Å². The average molecular weight is 441 g/mol. The van der Waals surface area contributed by atoms with Gasteiger partial charge < -0.3 is 14.8 Å². The van der Waals surface area contributed by atoms with Crippen molar-refractivity contribution in [2.45, 2.75) is 6.54 Å². The van der Waals surface area contributed by atoms with E-state index in [9.17, 15) is 13.2 Å². The molecule has 0 radical (unpaired) electrons. The molecule has 0 fully saturated rings. The normalized spacial score (nSPS) is 10.9. The Hall–Kier alpha value is -3.52. The van der Waals surface area contributed by atoms with Crippen molar-refractivity contribution in [3.8, 4) is 11.5 Å². The third-order valence-electron chi connectivity index (χ3n) is 4.64. The minimum atomic E-state index is -3.51. The number of rotatable bonds is 8. The zero-order valence-electron chi connectivity index (χ0n) is 17.5. The van der Waals surface area contributed by atoms with Gasteiger partial charge in [-0.3, -0.25) is 9.10 Å². The van der Waals surface area contributed by atoms with Gasteiger partial charge in [0.15, 0.2) is 0 Å². The van der Waals surface area contributed by atoms with E-state index in [1.54, 1.807) is 42.5 Å². The Morgan fingerprint density at radius 3 is 2.19 bits per heavy atom. The number of nitrogens with one attached hydrogen (secondary N) is 1. The van der Waals surface area contributed by atoms with Gasteiger partial charge in [-0.25, -0.2) is 8.42 Å².